The fourth-order valence-electron chi connectivity index (χ4n) is 1.98. The Balaban J connectivity index is 2.29. The van der Waals surface area contributed by atoms with Gasteiger partial charge in [0.25, 0.3) is 0 Å². The normalized spacial score (nSPS) is 12.2. The van der Waals surface area contributed by atoms with Crippen molar-refractivity contribution in [3.63, 3.8) is 0 Å². The van der Waals surface area contributed by atoms with E-state index in [0.717, 1.165) is 12.0 Å². The fourth-order valence-corrected chi connectivity index (χ4v) is 2.90. The summed E-state index contributed by atoms with van der Waals surface area (Å²) in [5.74, 6) is -0.158. The van der Waals surface area contributed by atoms with E-state index >= 15 is 0 Å². The van der Waals surface area contributed by atoms with Crippen molar-refractivity contribution in [3.8, 4) is 5.75 Å². The Morgan fingerprint density at radius 3 is 2.50 bits per heavy atom. The van der Waals surface area contributed by atoms with Gasteiger partial charge in [-0.1, -0.05) is 30.7 Å². The van der Waals surface area contributed by atoms with Gasteiger partial charge in [-0.15, -0.1) is 0 Å². The van der Waals surface area contributed by atoms with Gasteiger partial charge in [0.2, 0.25) is 0 Å². The highest BCUT2D eigenvalue weighted by Crippen LogP contribution is 2.35. The summed E-state index contributed by atoms with van der Waals surface area (Å²) in [6, 6.07) is 9.65. The van der Waals surface area contributed by atoms with Crippen LogP contribution in [0.15, 0.2) is 40.9 Å². The van der Waals surface area contributed by atoms with Gasteiger partial charge in [0.05, 0.1) is 16.8 Å². The first-order valence-corrected chi connectivity index (χ1v) is 7.38. The molecule has 0 radical (unpaired) electrons. The third-order valence-corrected chi connectivity index (χ3v) is 3.95. The molecular formula is C15H14BrClFNO. The molecule has 0 amide bonds. The lowest BCUT2D eigenvalue weighted by Gasteiger charge is -2.21. The van der Waals surface area contributed by atoms with Crippen molar-refractivity contribution in [2.45, 2.75) is 19.4 Å². The van der Waals surface area contributed by atoms with Crippen LogP contribution in [0.5, 0.6) is 5.75 Å². The Hall–Kier alpha value is -1.26. The minimum absolute atomic E-state index is 0.0230. The van der Waals surface area contributed by atoms with Gasteiger partial charge in [-0.05, 0) is 52.2 Å². The molecule has 0 heterocycles. The molecule has 0 bridgehead atoms. The van der Waals surface area contributed by atoms with E-state index in [2.05, 4.69) is 21.2 Å². The zero-order chi connectivity index (χ0) is 14.7. The molecule has 1 atom stereocenters. The van der Waals surface area contributed by atoms with Gasteiger partial charge < -0.3 is 10.4 Å². The number of benzene rings is 2. The maximum Gasteiger partial charge on any atom is 0.125 e. The molecule has 0 aliphatic rings. The van der Waals surface area contributed by atoms with Gasteiger partial charge in [-0.25, -0.2) is 4.39 Å². The Bertz CT molecular complexity index is 580. The molecular weight excluding hydrogens is 345 g/mol. The zero-order valence-corrected chi connectivity index (χ0v) is 13.2. The van der Waals surface area contributed by atoms with E-state index in [1.54, 1.807) is 12.1 Å². The van der Waals surface area contributed by atoms with Gasteiger partial charge in [-0.3, -0.25) is 0 Å². The van der Waals surface area contributed by atoms with E-state index in [-0.39, 0.29) is 17.6 Å². The van der Waals surface area contributed by atoms with E-state index < -0.39 is 0 Å². The lowest BCUT2D eigenvalue weighted by atomic mass is 10.0. The average molecular weight is 359 g/mol. The monoisotopic (exact) mass is 357 g/mol. The van der Waals surface area contributed by atoms with Crippen LogP contribution < -0.4 is 5.32 Å². The predicted molar refractivity (Wildman–Crippen MR) is 83.9 cm³/mol. The highest BCUT2D eigenvalue weighted by molar-refractivity contribution is 9.10. The molecule has 2 nitrogen and oxygen atoms in total. The molecule has 0 aliphatic carbocycles. The van der Waals surface area contributed by atoms with Crippen LogP contribution in [0.3, 0.4) is 0 Å². The molecule has 0 spiro atoms. The maximum absolute atomic E-state index is 13.2. The minimum Gasteiger partial charge on any atom is -0.508 e. The van der Waals surface area contributed by atoms with Gasteiger partial charge in [0, 0.05) is 4.47 Å². The van der Waals surface area contributed by atoms with Crippen LogP contribution in [0.1, 0.15) is 24.9 Å². The molecule has 106 valence electrons. The summed E-state index contributed by atoms with van der Waals surface area (Å²) < 4.78 is 13.8. The molecule has 20 heavy (non-hydrogen) atoms. The first kappa shape index (κ1) is 15.1. The van der Waals surface area contributed by atoms with Gasteiger partial charge in [0.1, 0.15) is 11.6 Å². The molecule has 0 saturated carbocycles. The van der Waals surface area contributed by atoms with Crippen LogP contribution in [-0.2, 0) is 0 Å². The molecule has 0 fully saturated rings. The van der Waals surface area contributed by atoms with Crippen molar-refractivity contribution in [1.82, 2.24) is 0 Å². The molecule has 5 heteroatoms. The van der Waals surface area contributed by atoms with Crippen LogP contribution in [0.25, 0.3) is 0 Å². The van der Waals surface area contributed by atoms with E-state index in [4.69, 9.17) is 11.6 Å². The summed E-state index contributed by atoms with van der Waals surface area (Å²) in [7, 11) is 0. The second kappa shape index (κ2) is 6.46. The highest BCUT2D eigenvalue weighted by atomic mass is 79.9. The first-order chi connectivity index (χ1) is 9.51. The Morgan fingerprint density at radius 1 is 1.30 bits per heavy atom. The number of phenolic OH excluding ortho intramolecular Hbond substituents is 1. The van der Waals surface area contributed by atoms with Gasteiger partial charge >= 0.3 is 0 Å². The predicted octanol–water partition coefficient (Wildman–Crippen LogP) is 5.51. The number of anilines is 1. The molecule has 2 rings (SSSR count). The van der Waals surface area contributed by atoms with Crippen LogP contribution in [0.2, 0.25) is 5.02 Å². The number of rotatable bonds is 4. The van der Waals surface area contributed by atoms with Gasteiger partial charge in [-0.2, -0.15) is 0 Å². The lowest BCUT2D eigenvalue weighted by Crippen LogP contribution is -2.10. The SMILES string of the molecule is CCC(Nc1c(Cl)cc(F)cc1Br)c1ccc(O)cc1. The Labute approximate surface area is 130 Å². The zero-order valence-electron chi connectivity index (χ0n) is 10.8. The highest BCUT2D eigenvalue weighted by Gasteiger charge is 2.14. The van der Waals surface area contributed by atoms with Crippen molar-refractivity contribution < 1.29 is 9.50 Å². The number of hydrogen-bond donors (Lipinski definition) is 2. The van der Waals surface area contributed by atoms with Crippen LogP contribution in [0, 0.1) is 5.82 Å². The number of nitrogens with one attached hydrogen (secondary N) is 1. The number of phenols is 1. The number of hydrogen-bond acceptors (Lipinski definition) is 2. The molecule has 0 aliphatic heterocycles. The van der Waals surface area contributed by atoms with Crippen LogP contribution in [-0.4, -0.2) is 5.11 Å². The lowest BCUT2D eigenvalue weighted by molar-refractivity contribution is 0.475. The molecule has 0 saturated heterocycles. The maximum atomic E-state index is 13.2. The summed E-state index contributed by atoms with van der Waals surface area (Å²) in [6.45, 7) is 2.04. The Morgan fingerprint density at radius 2 is 1.95 bits per heavy atom. The van der Waals surface area contributed by atoms with E-state index in [1.807, 2.05) is 19.1 Å². The minimum atomic E-state index is -0.384. The number of halogens is 3. The van der Waals surface area contributed by atoms with Crippen LogP contribution in [0.4, 0.5) is 10.1 Å². The van der Waals surface area contributed by atoms with E-state index in [1.165, 1.54) is 12.1 Å². The summed E-state index contributed by atoms with van der Waals surface area (Å²) in [4.78, 5) is 0. The van der Waals surface area contributed by atoms with E-state index in [0.29, 0.717) is 15.2 Å². The summed E-state index contributed by atoms with van der Waals surface area (Å²) in [5.41, 5.74) is 1.69. The first-order valence-electron chi connectivity index (χ1n) is 6.21. The van der Waals surface area contributed by atoms with Crippen molar-refractivity contribution in [2.24, 2.45) is 0 Å². The van der Waals surface area contributed by atoms with Crippen molar-refractivity contribution in [2.75, 3.05) is 5.32 Å². The summed E-state index contributed by atoms with van der Waals surface area (Å²) in [6.07, 6.45) is 0.824. The third kappa shape index (κ3) is 3.44. The topological polar surface area (TPSA) is 32.3 Å². The average Bonchev–Trinajstić information content (AvgIpc) is 2.39. The smallest absolute Gasteiger partial charge is 0.125 e. The van der Waals surface area contributed by atoms with Crippen LogP contribution >= 0.6 is 27.5 Å². The third-order valence-electron chi connectivity index (χ3n) is 3.03. The Kier molecular flexibility index (Phi) is 4.89. The quantitative estimate of drug-likeness (QED) is 0.755. The standard InChI is InChI=1S/C15H14BrClFNO/c1-2-14(9-3-5-11(20)6-4-9)19-15-12(16)7-10(18)8-13(15)17/h3-8,14,19-20H,2H2,1H3. The molecule has 2 N–H and O–H groups in total. The van der Waals surface area contributed by atoms with Crippen molar-refractivity contribution >= 4 is 33.2 Å². The van der Waals surface area contributed by atoms with Crippen molar-refractivity contribution in [3.05, 3.63) is 57.3 Å². The molecule has 0 aromatic heterocycles. The fraction of sp³-hybridized carbons (Fsp3) is 0.200. The van der Waals surface area contributed by atoms with Crippen molar-refractivity contribution in [1.29, 1.82) is 0 Å². The molecule has 1 unspecified atom stereocenters. The molecule has 2 aromatic rings. The summed E-state index contributed by atoms with van der Waals surface area (Å²) in [5, 5.41) is 13.0. The second-order valence-corrected chi connectivity index (χ2v) is 5.70. The summed E-state index contributed by atoms with van der Waals surface area (Å²) >= 11 is 9.39. The second-order valence-electron chi connectivity index (χ2n) is 4.44. The largest absolute Gasteiger partial charge is 0.508 e. The number of aromatic hydroxyl groups is 1. The van der Waals surface area contributed by atoms with E-state index in [9.17, 15) is 9.50 Å². The van der Waals surface area contributed by atoms with Gasteiger partial charge in [0.15, 0.2) is 0 Å². The molecule has 2 aromatic carbocycles.